The lowest BCUT2D eigenvalue weighted by molar-refractivity contribution is -0.127. The first-order chi connectivity index (χ1) is 13.0. The van der Waals surface area contributed by atoms with Gasteiger partial charge in [0.1, 0.15) is 0 Å². The van der Waals surface area contributed by atoms with E-state index in [0.29, 0.717) is 17.9 Å². The zero-order valence-corrected chi connectivity index (χ0v) is 20.7. The minimum absolute atomic E-state index is 0. The first kappa shape index (κ1) is 25.5. The molecular weight excluding hydrogens is 465 g/mol. The van der Waals surface area contributed by atoms with Crippen molar-refractivity contribution in [1.82, 2.24) is 20.4 Å². The number of guanidine groups is 1. The zero-order chi connectivity index (χ0) is 19.6. The molecule has 28 heavy (non-hydrogen) atoms. The van der Waals surface area contributed by atoms with E-state index < -0.39 is 0 Å². The smallest absolute Gasteiger partial charge is 0.222 e. The lowest BCUT2D eigenvalue weighted by atomic mass is 9.94. The number of hydrogen-bond donors (Lipinski definition) is 2. The average molecular weight is 508 g/mol. The Balaban J connectivity index is 0.00000392. The molecule has 2 aliphatic rings. The Morgan fingerprint density at radius 2 is 1.93 bits per heavy atom. The van der Waals surface area contributed by atoms with Gasteiger partial charge in [0.2, 0.25) is 5.91 Å². The van der Waals surface area contributed by atoms with Crippen molar-refractivity contribution in [2.75, 3.05) is 45.8 Å². The van der Waals surface area contributed by atoms with Crippen LogP contribution in [0.25, 0.3) is 0 Å². The molecule has 0 bridgehead atoms. The van der Waals surface area contributed by atoms with Crippen LogP contribution in [0, 0.1) is 11.8 Å². The molecule has 164 valence electrons. The van der Waals surface area contributed by atoms with Crippen LogP contribution in [-0.4, -0.2) is 73.5 Å². The molecule has 0 aromatic heterocycles. The average Bonchev–Trinajstić information content (AvgIpc) is 3.05. The minimum Gasteiger partial charge on any atom is -0.357 e. The van der Waals surface area contributed by atoms with Crippen molar-refractivity contribution in [2.24, 2.45) is 16.8 Å². The maximum atomic E-state index is 11.7. The molecule has 2 aliphatic heterocycles. The fraction of sp³-hybridized carbons (Fsp3) is 0.905. The van der Waals surface area contributed by atoms with Crippen LogP contribution in [0.4, 0.5) is 0 Å². The van der Waals surface area contributed by atoms with Crippen molar-refractivity contribution < 1.29 is 4.79 Å². The number of piperidine rings is 1. The van der Waals surface area contributed by atoms with Gasteiger partial charge in [-0.15, -0.1) is 24.0 Å². The molecule has 0 saturated carbocycles. The molecule has 0 radical (unpaired) electrons. The summed E-state index contributed by atoms with van der Waals surface area (Å²) in [5, 5.41) is 6.81. The molecule has 1 atom stereocenters. The number of halogens is 1. The largest absolute Gasteiger partial charge is 0.357 e. The van der Waals surface area contributed by atoms with Crippen molar-refractivity contribution >= 4 is 35.8 Å². The van der Waals surface area contributed by atoms with Crippen molar-refractivity contribution in [3.63, 3.8) is 0 Å². The topological polar surface area (TPSA) is 60.0 Å². The van der Waals surface area contributed by atoms with E-state index in [-0.39, 0.29) is 24.0 Å². The number of nitrogens with one attached hydrogen (secondary N) is 2. The molecule has 7 heteroatoms. The summed E-state index contributed by atoms with van der Waals surface area (Å²) >= 11 is 0. The number of amides is 1. The number of likely N-dealkylation sites (tertiary alicyclic amines) is 2. The number of aliphatic imine (C=N–C) groups is 1. The summed E-state index contributed by atoms with van der Waals surface area (Å²) in [5.74, 6) is 2.68. The highest BCUT2D eigenvalue weighted by atomic mass is 127. The van der Waals surface area contributed by atoms with Crippen LogP contribution in [0.3, 0.4) is 0 Å². The first-order valence-electron chi connectivity index (χ1n) is 11.0. The highest BCUT2D eigenvalue weighted by Gasteiger charge is 2.25. The van der Waals surface area contributed by atoms with Crippen LogP contribution in [0.1, 0.15) is 59.8 Å². The van der Waals surface area contributed by atoms with Crippen molar-refractivity contribution in [3.05, 3.63) is 0 Å². The molecule has 6 nitrogen and oxygen atoms in total. The zero-order valence-electron chi connectivity index (χ0n) is 18.4. The van der Waals surface area contributed by atoms with E-state index >= 15 is 0 Å². The Labute approximate surface area is 189 Å². The molecule has 0 aromatic carbocycles. The van der Waals surface area contributed by atoms with Gasteiger partial charge in [-0.1, -0.05) is 20.8 Å². The normalized spacial score (nSPS) is 20.4. The Bertz CT molecular complexity index is 477. The standard InChI is InChI=1S/C21H41N5O.HI/c1-5-22-21(23-11-7-13-26-12-6-8-20(26)27)24-16-19(17(2)3)25-14-9-18(4)10-15-25;/h17-19H,5-16H2,1-4H3,(H2,22,23,24);1H. The highest BCUT2D eigenvalue weighted by Crippen LogP contribution is 2.21. The van der Waals surface area contributed by atoms with Gasteiger partial charge in [-0.25, -0.2) is 0 Å². The lowest BCUT2D eigenvalue weighted by Crippen LogP contribution is -2.46. The maximum absolute atomic E-state index is 11.7. The molecule has 0 spiro atoms. The summed E-state index contributed by atoms with van der Waals surface area (Å²) in [6, 6.07) is 0.509. The lowest BCUT2D eigenvalue weighted by Gasteiger charge is -2.38. The molecule has 1 amide bonds. The Morgan fingerprint density at radius 1 is 1.21 bits per heavy atom. The molecule has 2 heterocycles. The maximum Gasteiger partial charge on any atom is 0.222 e. The van der Waals surface area contributed by atoms with E-state index in [1.165, 1.54) is 25.9 Å². The van der Waals surface area contributed by atoms with E-state index in [4.69, 9.17) is 4.99 Å². The quantitative estimate of drug-likeness (QED) is 0.218. The summed E-state index contributed by atoms with van der Waals surface area (Å²) in [6.07, 6.45) is 5.32. The van der Waals surface area contributed by atoms with Crippen LogP contribution in [-0.2, 0) is 4.79 Å². The summed E-state index contributed by atoms with van der Waals surface area (Å²) in [6.45, 7) is 15.8. The monoisotopic (exact) mass is 507 g/mol. The summed E-state index contributed by atoms with van der Waals surface area (Å²) in [4.78, 5) is 21.2. The van der Waals surface area contributed by atoms with Crippen LogP contribution in [0.5, 0.6) is 0 Å². The number of nitrogens with zero attached hydrogens (tertiary/aromatic N) is 3. The molecule has 0 aromatic rings. The van der Waals surface area contributed by atoms with E-state index in [1.54, 1.807) is 0 Å². The molecule has 1 unspecified atom stereocenters. The third-order valence-corrected chi connectivity index (χ3v) is 5.91. The molecule has 0 aliphatic carbocycles. The minimum atomic E-state index is 0. The van der Waals surface area contributed by atoms with Crippen LogP contribution >= 0.6 is 24.0 Å². The van der Waals surface area contributed by atoms with Crippen molar-refractivity contribution in [2.45, 2.75) is 65.8 Å². The fourth-order valence-corrected chi connectivity index (χ4v) is 4.05. The van der Waals surface area contributed by atoms with Crippen molar-refractivity contribution in [3.8, 4) is 0 Å². The number of hydrogen-bond acceptors (Lipinski definition) is 3. The van der Waals surface area contributed by atoms with E-state index in [9.17, 15) is 4.79 Å². The number of carbonyl (C=O) groups excluding carboxylic acids is 1. The van der Waals surface area contributed by atoms with Crippen LogP contribution < -0.4 is 10.6 Å². The van der Waals surface area contributed by atoms with Gasteiger partial charge in [0.05, 0.1) is 6.54 Å². The second kappa shape index (κ2) is 13.6. The summed E-state index contributed by atoms with van der Waals surface area (Å²) in [5.41, 5.74) is 0. The predicted molar refractivity (Wildman–Crippen MR) is 128 cm³/mol. The third-order valence-electron chi connectivity index (χ3n) is 5.91. The molecule has 2 saturated heterocycles. The fourth-order valence-electron chi connectivity index (χ4n) is 4.05. The Morgan fingerprint density at radius 3 is 2.50 bits per heavy atom. The van der Waals surface area contributed by atoms with Gasteiger partial charge in [0.25, 0.3) is 0 Å². The number of rotatable bonds is 9. The molecule has 2 N–H and O–H groups in total. The predicted octanol–water partition coefficient (Wildman–Crippen LogP) is 2.93. The van der Waals surface area contributed by atoms with Gasteiger partial charge in [0, 0.05) is 38.6 Å². The van der Waals surface area contributed by atoms with Gasteiger partial charge in [-0.2, -0.15) is 0 Å². The summed E-state index contributed by atoms with van der Waals surface area (Å²) in [7, 11) is 0. The third kappa shape index (κ3) is 8.43. The Hall–Kier alpha value is -0.570. The van der Waals surface area contributed by atoms with Crippen LogP contribution in [0.15, 0.2) is 4.99 Å². The summed E-state index contributed by atoms with van der Waals surface area (Å²) < 4.78 is 0. The Kier molecular flexibility index (Phi) is 12.4. The van der Waals surface area contributed by atoms with Gasteiger partial charge in [0.15, 0.2) is 5.96 Å². The van der Waals surface area contributed by atoms with E-state index in [1.807, 2.05) is 4.90 Å². The first-order valence-corrected chi connectivity index (χ1v) is 11.0. The second-order valence-electron chi connectivity index (χ2n) is 8.51. The van der Waals surface area contributed by atoms with Gasteiger partial charge >= 0.3 is 0 Å². The van der Waals surface area contributed by atoms with Gasteiger partial charge < -0.3 is 15.5 Å². The van der Waals surface area contributed by atoms with E-state index in [0.717, 1.165) is 63.9 Å². The highest BCUT2D eigenvalue weighted by molar-refractivity contribution is 14.0. The van der Waals surface area contributed by atoms with Gasteiger partial charge in [-0.3, -0.25) is 14.7 Å². The molecule has 2 rings (SSSR count). The SMILES string of the molecule is CCNC(=NCC(C(C)C)N1CCC(C)CC1)NCCCN1CCCC1=O.I. The number of carbonyl (C=O) groups is 1. The van der Waals surface area contributed by atoms with Crippen molar-refractivity contribution in [1.29, 1.82) is 0 Å². The molecular formula is C21H42IN5O. The second-order valence-corrected chi connectivity index (χ2v) is 8.51. The molecule has 2 fully saturated rings. The van der Waals surface area contributed by atoms with Gasteiger partial charge in [-0.05, 0) is 57.5 Å². The van der Waals surface area contributed by atoms with Crippen LogP contribution in [0.2, 0.25) is 0 Å². The van der Waals surface area contributed by atoms with E-state index in [2.05, 4.69) is 43.2 Å².